The van der Waals surface area contributed by atoms with Crippen molar-refractivity contribution >= 4 is 23.4 Å². The first-order valence-corrected chi connectivity index (χ1v) is 7.36. The average molecular weight is 313 g/mol. The number of halogens is 2. The summed E-state index contributed by atoms with van der Waals surface area (Å²) in [4.78, 5) is 0.977. The van der Waals surface area contributed by atoms with Gasteiger partial charge in [0.15, 0.2) is 11.6 Å². The second kappa shape index (κ2) is 6.97. The summed E-state index contributed by atoms with van der Waals surface area (Å²) in [5, 5.41) is 10.8. The Labute approximate surface area is 126 Å². The summed E-state index contributed by atoms with van der Waals surface area (Å²) < 4.78 is 18.2. The molecule has 1 N–H and O–H groups in total. The number of hydrogen-bond acceptors (Lipinski definition) is 3. The smallest absolute Gasteiger partial charge is 0.165 e. The molecule has 1 unspecified atom stereocenters. The van der Waals surface area contributed by atoms with E-state index in [9.17, 15) is 9.50 Å². The van der Waals surface area contributed by atoms with Crippen molar-refractivity contribution in [3.05, 3.63) is 58.9 Å². The number of aliphatic hydroxyl groups excluding tert-OH is 1. The number of hydrogen-bond donors (Lipinski definition) is 1. The van der Waals surface area contributed by atoms with Crippen molar-refractivity contribution in [2.45, 2.75) is 11.0 Å². The Hall–Kier alpha value is -1.23. The molecule has 0 amide bonds. The van der Waals surface area contributed by atoms with Crippen molar-refractivity contribution in [3.63, 3.8) is 0 Å². The Morgan fingerprint density at radius 1 is 1.30 bits per heavy atom. The van der Waals surface area contributed by atoms with Gasteiger partial charge in [-0.3, -0.25) is 0 Å². The van der Waals surface area contributed by atoms with Gasteiger partial charge in [-0.2, -0.15) is 0 Å². The molecule has 0 saturated carbocycles. The maximum absolute atomic E-state index is 13.3. The summed E-state index contributed by atoms with van der Waals surface area (Å²) in [6.45, 7) is 0. The Balaban J connectivity index is 2.03. The zero-order valence-electron chi connectivity index (χ0n) is 10.8. The highest BCUT2D eigenvalue weighted by atomic mass is 35.5. The molecule has 1 atom stereocenters. The van der Waals surface area contributed by atoms with E-state index in [1.165, 1.54) is 31.0 Å². The van der Waals surface area contributed by atoms with E-state index in [1.54, 1.807) is 12.1 Å². The summed E-state index contributed by atoms with van der Waals surface area (Å²) in [5.74, 6) is 0.148. The molecule has 0 aliphatic rings. The second-order valence-electron chi connectivity index (χ2n) is 4.18. The van der Waals surface area contributed by atoms with Crippen molar-refractivity contribution < 1.29 is 14.2 Å². The molecule has 5 heteroatoms. The van der Waals surface area contributed by atoms with E-state index in [4.69, 9.17) is 16.3 Å². The van der Waals surface area contributed by atoms with Crippen molar-refractivity contribution in [2.75, 3.05) is 12.9 Å². The van der Waals surface area contributed by atoms with Gasteiger partial charge in [0, 0.05) is 15.7 Å². The van der Waals surface area contributed by atoms with Crippen LogP contribution in [0.4, 0.5) is 4.39 Å². The molecule has 2 aromatic rings. The monoisotopic (exact) mass is 312 g/mol. The van der Waals surface area contributed by atoms with Crippen LogP contribution in [0.2, 0.25) is 5.02 Å². The van der Waals surface area contributed by atoms with Gasteiger partial charge in [-0.05, 0) is 35.9 Å². The first-order chi connectivity index (χ1) is 9.60. The van der Waals surface area contributed by atoms with Crippen LogP contribution < -0.4 is 4.74 Å². The fraction of sp³-hybridized carbons (Fsp3) is 0.200. The van der Waals surface area contributed by atoms with E-state index in [1.807, 2.05) is 18.2 Å². The van der Waals surface area contributed by atoms with Crippen LogP contribution in [0.15, 0.2) is 47.4 Å². The lowest BCUT2D eigenvalue weighted by atomic mass is 10.1. The number of ether oxygens (including phenoxy) is 1. The quantitative estimate of drug-likeness (QED) is 0.834. The summed E-state index contributed by atoms with van der Waals surface area (Å²) in [6, 6.07) is 11.8. The van der Waals surface area contributed by atoms with Crippen molar-refractivity contribution in [1.29, 1.82) is 0 Å². The Morgan fingerprint density at radius 2 is 2.10 bits per heavy atom. The van der Waals surface area contributed by atoms with E-state index < -0.39 is 11.9 Å². The zero-order chi connectivity index (χ0) is 14.5. The molecule has 0 fully saturated rings. The predicted octanol–water partition coefficient (Wildman–Crippen LogP) is 4.31. The molecule has 0 saturated heterocycles. The van der Waals surface area contributed by atoms with Crippen LogP contribution in [0, 0.1) is 5.82 Å². The molecule has 0 heterocycles. The molecule has 0 aliphatic heterocycles. The third-order valence-electron chi connectivity index (χ3n) is 2.76. The Kier molecular flexibility index (Phi) is 5.29. The molecule has 20 heavy (non-hydrogen) atoms. The Bertz CT molecular complexity index is 592. The topological polar surface area (TPSA) is 29.5 Å². The van der Waals surface area contributed by atoms with Crippen LogP contribution in [0.3, 0.4) is 0 Å². The lowest BCUT2D eigenvalue weighted by molar-refractivity contribution is 0.203. The maximum atomic E-state index is 13.3. The first kappa shape index (κ1) is 15.2. The van der Waals surface area contributed by atoms with Crippen LogP contribution in [0.1, 0.15) is 11.7 Å². The van der Waals surface area contributed by atoms with E-state index in [0.717, 1.165) is 4.90 Å². The summed E-state index contributed by atoms with van der Waals surface area (Å²) in [6.07, 6.45) is -0.700. The van der Waals surface area contributed by atoms with E-state index in [-0.39, 0.29) is 5.75 Å². The fourth-order valence-electron chi connectivity index (χ4n) is 1.71. The number of thioether (sulfide) groups is 1. The van der Waals surface area contributed by atoms with Crippen LogP contribution in [-0.4, -0.2) is 18.0 Å². The van der Waals surface area contributed by atoms with Crippen molar-refractivity contribution in [1.82, 2.24) is 0 Å². The van der Waals surface area contributed by atoms with Crippen LogP contribution in [-0.2, 0) is 0 Å². The Morgan fingerprint density at radius 3 is 2.80 bits per heavy atom. The van der Waals surface area contributed by atoms with E-state index >= 15 is 0 Å². The molecule has 0 radical (unpaired) electrons. The highest BCUT2D eigenvalue weighted by molar-refractivity contribution is 7.99. The number of rotatable bonds is 5. The number of aliphatic hydroxyl groups is 1. The number of methoxy groups -OCH3 is 1. The minimum atomic E-state index is -0.700. The van der Waals surface area contributed by atoms with Gasteiger partial charge >= 0.3 is 0 Å². The molecular formula is C15H14ClFO2S. The lowest BCUT2D eigenvalue weighted by Gasteiger charge is -2.12. The molecule has 0 spiro atoms. The van der Waals surface area contributed by atoms with Gasteiger partial charge in [0.1, 0.15) is 0 Å². The van der Waals surface area contributed by atoms with Crippen LogP contribution >= 0.6 is 23.4 Å². The molecule has 0 aromatic heterocycles. The minimum absolute atomic E-state index is 0.134. The van der Waals surface area contributed by atoms with Crippen LogP contribution in [0.25, 0.3) is 0 Å². The third kappa shape index (κ3) is 3.88. The molecule has 0 bridgehead atoms. The minimum Gasteiger partial charge on any atom is -0.494 e. The summed E-state index contributed by atoms with van der Waals surface area (Å²) in [7, 11) is 1.40. The van der Waals surface area contributed by atoms with Gasteiger partial charge < -0.3 is 9.84 Å². The van der Waals surface area contributed by atoms with Crippen LogP contribution in [0.5, 0.6) is 5.75 Å². The summed E-state index contributed by atoms with van der Waals surface area (Å²) >= 11 is 7.39. The van der Waals surface area contributed by atoms with Gasteiger partial charge in [0.25, 0.3) is 0 Å². The SMILES string of the molecule is COc1cc(C(O)CSc2cccc(Cl)c2)ccc1F. The van der Waals surface area contributed by atoms with Gasteiger partial charge in [-0.25, -0.2) is 4.39 Å². The number of benzene rings is 2. The highest BCUT2D eigenvalue weighted by Crippen LogP contribution is 2.28. The van der Waals surface area contributed by atoms with E-state index in [0.29, 0.717) is 16.3 Å². The molecular weight excluding hydrogens is 299 g/mol. The molecule has 0 aliphatic carbocycles. The average Bonchev–Trinajstić information content (AvgIpc) is 2.45. The molecule has 2 aromatic carbocycles. The van der Waals surface area contributed by atoms with Crippen molar-refractivity contribution in [3.8, 4) is 5.75 Å². The largest absolute Gasteiger partial charge is 0.494 e. The summed E-state index contributed by atoms with van der Waals surface area (Å²) in [5.41, 5.74) is 0.623. The predicted molar refractivity (Wildman–Crippen MR) is 80.1 cm³/mol. The first-order valence-electron chi connectivity index (χ1n) is 6.00. The molecule has 2 rings (SSSR count). The molecule has 2 nitrogen and oxygen atoms in total. The van der Waals surface area contributed by atoms with Gasteiger partial charge in [0.05, 0.1) is 13.2 Å². The molecule has 106 valence electrons. The van der Waals surface area contributed by atoms with Gasteiger partial charge in [-0.1, -0.05) is 23.7 Å². The van der Waals surface area contributed by atoms with E-state index in [2.05, 4.69) is 0 Å². The van der Waals surface area contributed by atoms with Gasteiger partial charge in [0.2, 0.25) is 0 Å². The highest BCUT2D eigenvalue weighted by Gasteiger charge is 2.12. The maximum Gasteiger partial charge on any atom is 0.165 e. The van der Waals surface area contributed by atoms with Gasteiger partial charge in [-0.15, -0.1) is 11.8 Å². The fourth-order valence-corrected chi connectivity index (χ4v) is 2.89. The normalized spacial score (nSPS) is 12.2. The lowest BCUT2D eigenvalue weighted by Crippen LogP contribution is -2.01. The second-order valence-corrected chi connectivity index (χ2v) is 5.71. The standard InChI is InChI=1S/C15H14ClFO2S/c1-19-15-7-10(5-6-13(15)17)14(18)9-20-12-4-2-3-11(16)8-12/h2-8,14,18H,9H2,1H3. The third-order valence-corrected chi connectivity index (χ3v) is 4.07. The zero-order valence-corrected chi connectivity index (χ0v) is 12.4. The van der Waals surface area contributed by atoms with Crippen molar-refractivity contribution in [2.24, 2.45) is 0 Å².